The molecular formula is C20H20F3NO2. The van der Waals surface area contributed by atoms with Crippen LogP contribution in [0.25, 0.3) is 0 Å². The lowest BCUT2D eigenvalue weighted by molar-refractivity contribution is -0.138. The molecule has 0 saturated heterocycles. The van der Waals surface area contributed by atoms with Gasteiger partial charge in [0.05, 0.1) is 24.1 Å². The van der Waals surface area contributed by atoms with Crippen LogP contribution in [0.5, 0.6) is 0 Å². The summed E-state index contributed by atoms with van der Waals surface area (Å²) in [5.74, 6) is -0.383. The minimum absolute atomic E-state index is 0.0436. The van der Waals surface area contributed by atoms with Gasteiger partial charge in [0, 0.05) is 0 Å². The Bertz CT molecular complexity index is 755. The summed E-state index contributed by atoms with van der Waals surface area (Å²) in [6, 6.07) is 14.1. The Morgan fingerprint density at radius 2 is 1.69 bits per heavy atom. The van der Waals surface area contributed by atoms with Crippen molar-refractivity contribution in [2.75, 3.05) is 0 Å². The zero-order valence-electron chi connectivity index (χ0n) is 14.0. The van der Waals surface area contributed by atoms with Gasteiger partial charge >= 0.3 is 6.18 Å². The van der Waals surface area contributed by atoms with Gasteiger partial charge in [-0.15, -0.1) is 0 Å². The van der Waals surface area contributed by atoms with Gasteiger partial charge in [-0.05, 0) is 36.0 Å². The van der Waals surface area contributed by atoms with Crippen molar-refractivity contribution in [3.8, 4) is 0 Å². The summed E-state index contributed by atoms with van der Waals surface area (Å²) in [4.78, 5) is 12.5. The number of alkyl halides is 3. The molecule has 2 aromatic carbocycles. The summed E-state index contributed by atoms with van der Waals surface area (Å²) in [5.41, 5.74) is 0.0605. The first-order chi connectivity index (χ1) is 12.3. The van der Waals surface area contributed by atoms with Gasteiger partial charge in [-0.1, -0.05) is 48.5 Å². The van der Waals surface area contributed by atoms with Crippen LogP contribution in [0.2, 0.25) is 0 Å². The van der Waals surface area contributed by atoms with E-state index in [-0.39, 0.29) is 30.0 Å². The molecule has 3 nitrogen and oxygen atoms in total. The van der Waals surface area contributed by atoms with Gasteiger partial charge in [0.25, 0.3) is 0 Å². The van der Waals surface area contributed by atoms with Crippen LogP contribution in [0.4, 0.5) is 13.2 Å². The number of amides is 1. The van der Waals surface area contributed by atoms with Gasteiger partial charge in [0.2, 0.25) is 5.91 Å². The Hall–Kier alpha value is -2.34. The zero-order valence-corrected chi connectivity index (χ0v) is 14.0. The molecule has 1 aliphatic rings. The van der Waals surface area contributed by atoms with Crippen LogP contribution < -0.4 is 5.32 Å². The summed E-state index contributed by atoms with van der Waals surface area (Å²) in [6.45, 7) is 0. The minimum atomic E-state index is -4.49. The first-order valence-corrected chi connectivity index (χ1v) is 8.52. The first-order valence-electron chi connectivity index (χ1n) is 8.52. The lowest BCUT2D eigenvalue weighted by Gasteiger charge is -2.38. The predicted molar refractivity (Wildman–Crippen MR) is 91.2 cm³/mol. The summed E-state index contributed by atoms with van der Waals surface area (Å²) in [6.07, 6.45) is -4.07. The molecule has 0 unspecified atom stereocenters. The number of nitrogens with one attached hydrogen (secondary N) is 1. The Morgan fingerprint density at radius 3 is 2.31 bits per heavy atom. The molecule has 26 heavy (non-hydrogen) atoms. The van der Waals surface area contributed by atoms with E-state index in [1.54, 1.807) is 0 Å². The smallest absolute Gasteiger partial charge is 0.393 e. The molecule has 6 heteroatoms. The molecule has 0 aliphatic heterocycles. The third kappa shape index (κ3) is 4.25. The normalized spacial score (nSPS) is 20.9. The van der Waals surface area contributed by atoms with Gasteiger partial charge in [0.15, 0.2) is 0 Å². The summed E-state index contributed by atoms with van der Waals surface area (Å²) >= 11 is 0. The Labute approximate surface area is 149 Å². The van der Waals surface area contributed by atoms with Crippen molar-refractivity contribution >= 4 is 5.91 Å². The molecule has 0 heterocycles. The highest BCUT2D eigenvalue weighted by Crippen LogP contribution is 2.38. The number of halogens is 3. The van der Waals surface area contributed by atoms with Gasteiger partial charge in [-0.3, -0.25) is 4.79 Å². The maximum Gasteiger partial charge on any atom is 0.416 e. The van der Waals surface area contributed by atoms with E-state index in [9.17, 15) is 23.1 Å². The van der Waals surface area contributed by atoms with E-state index >= 15 is 0 Å². The number of carbonyl (C=O) groups excluding carboxylic acids is 1. The van der Waals surface area contributed by atoms with Gasteiger partial charge in [-0.2, -0.15) is 13.2 Å². The molecular weight excluding hydrogens is 343 g/mol. The molecule has 138 valence electrons. The average molecular weight is 363 g/mol. The lowest BCUT2D eigenvalue weighted by Crippen LogP contribution is -2.42. The van der Waals surface area contributed by atoms with Crippen LogP contribution in [-0.4, -0.2) is 17.1 Å². The molecule has 1 atom stereocenters. The second kappa shape index (κ2) is 7.50. The number of aliphatic hydroxyl groups is 1. The van der Waals surface area contributed by atoms with Crippen LogP contribution in [0.3, 0.4) is 0 Å². The standard InChI is InChI=1S/C20H20F3NO2/c21-20(22,23)17-9-5-4-8-14(17)12-18(26)24-19(15-10-16(25)11-15)13-6-2-1-3-7-13/h1-9,15-16,19,25H,10-12H2,(H,24,26)/t15?,16?,19-/m0/s1. The van der Waals surface area contributed by atoms with E-state index in [0.29, 0.717) is 12.8 Å². The topological polar surface area (TPSA) is 49.3 Å². The molecule has 2 N–H and O–H groups in total. The average Bonchev–Trinajstić information content (AvgIpc) is 2.57. The molecule has 1 saturated carbocycles. The number of hydrogen-bond donors (Lipinski definition) is 2. The predicted octanol–water partition coefficient (Wildman–Crippen LogP) is 3.88. The Balaban J connectivity index is 1.75. The van der Waals surface area contributed by atoms with Gasteiger partial charge < -0.3 is 10.4 Å². The molecule has 3 rings (SSSR count). The van der Waals surface area contributed by atoms with Crippen molar-refractivity contribution in [3.05, 3.63) is 71.3 Å². The second-order valence-corrected chi connectivity index (χ2v) is 6.67. The maximum atomic E-state index is 13.1. The number of aliphatic hydroxyl groups excluding tert-OH is 1. The van der Waals surface area contributed by atoms with E-state index in [1.165, 1.54) is 18.2 Å². The molecule has 1 fully saturated rings. The van der Waals surface area contributed by atoms with Crippen LogP contribution in [0.1, 0.15) is 35.6 Å². The molecule has 1 aliphatic carbocycles. The van der Waals surface area contributed by atoms with Crippen LogP contribution in [0, 0.1) is 5.92 Å². The van der Waals surface area contributed by atoms with E-state index in [1.807, 2.05) is 30.3 Å². The monoisotopic (exact) mass is 363 g/mol. The van der Waals surface area contributed by atoms with Crippen molar-refractivity contribution in [3.63, 3.8) is 0 Å². The SMILES string of the molecule is O=C(Cc1ccccc1C(F)(F)F)N[C@@H](c1ccccc1)C1CC(O)C1. The first kappa shape index (κ1) is 18.5. The van der Waals surface area contributed by atoms with Crippen LogP contribution >= 0.6 is 0 Å². The van der Waals surface area contributed by atoms with E-state index in [0.717, 1.165) is 11.6 Å². The third-order valence-electron chi connectivity index (χ3n) is 4.77. The molecule has 0 bridgehead atoms. The highest BCUT2D eigenvalue weighted by Gasteiger charge is 2.36. The fourth-order valence-electron chi connectivity index (χ4n) is 3.38. The van der Waals surface area contributed by atoms with Crippen molar-refractivity contribution < 1.29 is 23.1 Å². The zero-order chi connectivity index (χ0) is 18.7. The Morgan fingerprint density at radius 1 is 1.08 bits per heavy atom. The second-order valence-electron chi connectivity index (χ2n) is 6.67. The van der Waals surface area contributed by atoms with Crippen molar-refractivity contribution in [2.24, 2.45) is 5.92 Å². The van der Waals surface area contributed by atoms with Gasteiger partial charge in [-0.25, -0.2) is 0 Å². The number of carbonyl (C=O) groups is 1. The Kier molecular flexibility index (Phi) is 5.32. The third-order valence-corrected chi connectivity index (χ3v) is 4.77. The van der Waals surface area contributed by atoms with Crippen molar-refractivity contribution in [1.82, 2.24) is 5.32 Å². The molecule has 0 aromatic heterocycles. The summed E-state index contributed by atoms with van der Waals surface area (Å²) in [5, 5.41) is 12.4. The van der Waals surface area contributed by atoms with E-state index < -0.39 is 17.6 Å². The lowest BCUT2D eigenvalue weighted by atomic mass is 9.75. The molecule has 1 amide bonds. The van der Waals surface area contributed by atoms with E-state index in [4.69, 9.17) is 0 Å². The van der Waals surface area contributed by atoms with Gasteiger partial charge in [0.1, 0.15) is 0 Å². The quantitative estimate of drug-likeness (QED) is 0.847. The fraction of sp³-hybridized carbons (Fsp3) is 0.350. The molecule has 0 spiro atoms. The van der Waals surface area contributed by atoms with Crippen molar-refractivity contribution in [1.29, 1.82) is 0 Å². The van der Waals surface area contributed by atoms with Crippen molar-refractivity contribution in [2.45, 2.75) is 37.6 Å². The highest BCUT2D eigenvalue weighted by molar-refractivity contribution is 5.79. The largest absolute Gasteiger partial charge is 0.416 e. The van der Waals surface area contributed by atoms with E-state index in [2.05, 4.69) is 5.32 Å². The summed E-state index contributed by atoms with van der Waals surface area (Å²) < 4.78 is 39.3. The number of rotatable bonds is 5. The molecule has 0 radical (unpaired) electrons. The number of benzene rings is 2. The van der Waals surface area contributed by atoms with Crippen LogP contribution in [0.15, 0.2) is 54.6 Å². The fourth-order valence-corrected chi connectivity index (χ4v) is 3.38. The van der Waals surface area contributed by atoms with Crippen LogP contribution in [-0.2, 0) is 17.4 Å². The highest BCUT2D eigenvalue weighted by atomic mass is 19.4. The minimum Gasteiger partial charge on any atom is -0.393 e. The summed E-state index contributed by atoms with van der Waals surface area (Å²) in [7, 11) is 0. The molecule has 2 aromatic rings. The number of hydrogen-bond acceptors (Lipinski definition) is 2. The maximum absolute atomic E-state index is 13.1.